The zero-order valence-electron chi connectivity index (χ0n) is 10.5. The molecule has 7 heteroatoms. The Morgan fingerprint density at radius 3 is 2.50 bits per heavy atom. The summed E-state index contributed by atoms with van der Waals surface area (Å²) >= 11 is 11.7. The van der Waals surface area contributed by atoms with Crippen LogP contribution in [-0.2, 0) is 4.79 Å². The van der Waals surface area contributed by atoms with Crippen LogP contribution in [0, 0.1) is 5.82 Å². The molecule has 1 amide bonds. The van der Waals surface area contributed by atoms with Gasteiger partial charge in [0.05, 0.1) is 10.6 Å². The summed E-state index contributed by atoms with van der Waals surface area (Å²) in [5.74, 6) is -1.53. The summed E-state index contributed by atoms with van der Waals surface area (Å²) in [7, 11) is 0. The van der Waals surface area contributed by atoms with E-state index in [1.54, 1.807) is 0 Å². The number of phenolic OH excluding ortho intramolecular Hbond substituents is 1. The molecule has 4 nitrogen and oxygen atoms in total. The van der Waals surface area contributed by atoms with E-state index < -0.39 is 11.7 Å². The van der Waals surface area contributed by atoms with Gasteiger partial charge in [0.2, 0.25) is 0 Å². The molecule has 0 spiro atoms. The Hall–Kier alpha value is -1.46. The first-order valence-corrected chi connectivity index (χ1v) is 6.86. The van der Waals surface area contributed by atoms with E-state index in [-0.39, 0.29) is 27.1 Å². The molecule has 0 saturated heterocycles. The average molecular weight is 319 g/mol. The maximum Gasteiger partial charge on any atom is 0.255 e. The monoisotopic (exact) mass is 318 g/mol. The number of amides is 1. The number of phenols is 1. The van der Waals surface area contributed by atoms with Crippen molar-refractivity contribution in [1.82, 2.24) is 10.6 Å². The van der Waals surface area contributed by atoms with Crippen LogP contribution in [0.3, 0.4) is 0 Å². The second kappa shape index (κ2) is 6.33. The first kappa shape index (κ1) is 14.9. The van der Waals surface area contributed by atoms with Crippen LogP contribution in [0.1, 0.15) is 18.4 Å². The van der Waals surface area contributed by atoms with Gasteiger partial charge in [-0.3, -0.25) is 4.79 Å². The van der Waals surface area contributed by atoms with E-state index in [1.165, 1.54) is 0 Å². The minimum absolute atomic E-state index is 0.0435. The highest BCUT2D eigenvalue weighted by Crippen LogP contribution is 2.32. The molecule has 0 fully saturated rings. The zero-order valence-corrected chi connectivity index (χ0v) is 12.0. The Bertz CT molecular complexity index is 576. The molecule has 20 heavy (non-hydrogen) atoms. The Balaban J connectivity index is 2.52. The van der Waals surface area contributed by atoms with Gasteiger partial charge < -0.3 is 15.7 Å². The molecule has 0 bridgehead atoms. The van der Waals surface area contributed by atoms with Gasteiger partial charge in [-0.15, -0.1) is 0 Å². The third-order valence-corrected chi connectivity index (χ3v) is 3.55. The Morgan fingerprint density at radius 1 is 1.15 bits per heavy atom. The van der Waals surface area contributed by atoms with Gasteiger partial charge in [-0.2, -0.15) is 0 Å². The van der Waals surface area contributed by atoms with E-state index in [0.717, 1.165) is 25.0 Å². The van der Waals surface area contributed by atoms with Crippen molar-refractivity contribution in [3.8, 4) is 5.75 Å². The fraction of sp³-hybridized carbons (Fsp3) is 0.308. The minimum atomic E-state index is -0.725. The molecular formula is C13H13Cl2FN2O2. The van der Waals surface area contributed by atoms with Gasteiger partial charge in [0.25, 0.3) is 5.91 Å². The molecule has 108 valence electrons. The molecule has 0 saturated carbocycles. The van der Waals surface area contributed by atoms with Crippen molar-refractivity contribution >= 4 is 34.7 Å². The lowest BCUT2D eigenvalue weighted by molar-refractivity contribution is -0.115. The molecule has 0 radical (unpaired) electrons. The van der Waals surface area contributed by atoms with E-state index in [0.29, 0.717) is 13.1 Å². The predicted molar refractivity (Wildman–Crippen MR) is 76.1 cm³/mol. The maximum absolute atomic E-state index is 14.0. The zero-order chi connectivity index (χ0) is 14.7. The van der Waals surface area contributed by atoms with Crippen molar-refractivity contribution in [3.05, 3.63) is 33.7 Å². The second-order valence-corrected chi connectivity index (χ2v) is 5.15. The third kappa shape index (κ3) is 3.16. The fourth-order valence-corrected chi connectivity index (χ4v) is 2.33. The van der Waals surface area contributed by atoms with Crippen LogP contribution in [0.2, 0.25) is 5.02 Å². The summed E-state index contributed by atoms with van der Waals surface area (Å²) in [6.07, 6.45) is 1.63. The number of carbonyl (C=O) groups is 1. The van der Waals surface area contributed by atoms with Gasteiger partial charge in [-0.05, 0) is 25.0 Å². The largest absolute Gasteiger partial charge is 0.506 e. The molecule has 1 aromatic carbocycles. The topological polar surface area (TPSA) is 61.4 Å². The number of nitrogens with one attached hydrogen (secondary N) is 2. The van der Waals surface area contributed by atoms with Gasteiger partial charge >= 0.3 is 0 Å². The Kier molecular flexibility index (Phi) is 4.73. The summed E-state index contributed by atoms with van der Waals surface area (Å²) < 4.78 is 14.0. The van der Waals surface area contributed by atoms with Gasteiger partial charge in [-0.25, -0.2) is 4.39 Å². The van der Waals surface area contributed by atoms with Gasteiger partial charge in [0.1, 0.15) is 16.7 Å². The number of rotatable bonds is 1. The van der Waals surface area contributed by atoms with Crippen LogP contribution in [0.5, 0.6) is 5.75 Å². The lowest BCUT2D eigenvalue weighted by Gasteiger charge is -2.12. The van der Waals surface area contributed by atoms with Crippen molar-refractivity contribution < 1.29 is 14.3 Å². The van der Waals surface area contributed by atoms with E-state index >= 15 is 0 Å². The van der Waals surface area contributed by atoms with Gasteiger partial charge in [0, 0.05) is 18.7 Å². The summed E-state index contributed by atoms with van der Waals surface area (Å²) in [5, 5.41) is 15.0. The van der Waals surface area contributed by atoms with Gasteiger partial charge in [0.15, 0.2) is 0 Å². The molecule has 1 aliphatic rings. The normalized spacial score (nSPS) is 20.4. The third-order valence-electron chi connectivity index (χ3n) is 2.92. The molecular weight excluding hydrogens is 306 g/mol. The van der Waals surface area contributed by atoms with Crippen molar-refractivity contribution in [2.45, 2.75) is 12.8 Å². The highest BCUT2D eigenvalue weighted by molar-refractivity contribution is 6.39. The van der Waals surface area contributed by atoms with Crippen LogP contribution >= 0.6 is 23.2 Å². The molecule has 3 N–H and O–H groups in total. The van der Waals surface area contributed by atoms with E-state index in [4.69, 9.17) is 23.2 Å². The van der Waals surface area contributed by atoms with Crippen LogP contribution in [0.25, 0.3) is 5.57 Å². The fourth-order valence-electron chi connectivity index (χ4n) is 1.90. The molecule has 1 aliphatic heterocycles. The SMILES string of the molecule is O=C1NCCCCN/C(Cl)=C\1c1cc(O)c(Cl)cc1F. The Morgan fingerprint density at radius 2 is 1.80 bits per heavy atom. The number of hydrogen-bond acceptors (Lipinski definition) is 3. The first-order valence-electron chi connectivity index (χ1n) is 6.11. The lowest BCUT2D eigenvalue weighted by Crippen LogP contribution is -2.26. The smallest absolute Gasteiger partial charge is 0.255 e. The molecule has 0 atom stereocenters. The first-order chi connectivity index (χ1) is 9.50. The molecule has 0 aliphatic carbocycles. The molecule has 0 unspecified atom stereocenters. The summed E-state index contributed by atoms with van der Waals surface area (Å²) in [6, 6.07) is 2.04. The van der Waals surface area contributed by atoms with Crippen molar-refractivity contribution in [2.75, 3.05) is 13.1 Å². The van der Waals surface area contributed by atoms with Gasteiger partial charge in [-0.1, -0.05) is 23.2 Å². The van der Waals surface area contributed by atoms with Crippen LogP contribution in [-0.4, -0.2) is 24.1 Å². The summed E-state index contributed by atoms with van der Waals surface area (Å²) in [6.45, 7) is 1.06. The number of benzene rings is 1. The lowest BCUT2D eigenvalue weighted by atomic mass is 10.0. The number of hydrogen-bond donors (Lipinski definition) is 3. The van der Waals surface area contributed by atoms with E-state index in [1.807, 2.05) is 0 Å². The highest BCUT2D eigenvalue weighted by Gasteiger charge is 2.22. The highest BCUT2D eigenvalue weighted by atomic mass is 35.5. The van der Waals surface area contributed by atoms with E-state index in [9.17, 15) is 14.3 Å². The van der Waals surface area contributed by atoms with Crippen LogP contribution in [0.4, 0.5) is 4.39 Å². The van der Waals surface area contributed by atoms with Crippen molar-refractivity contribution in [3.63, 3.8) is 0 Å². The molecule has 1 heterocycles. The summed E-state index contributed by atoms with van der Waals surface area (Å²) in [5.41, 5.74) is -0.137. The number of aromatic hydroxyl groups is 1. The maximum atomic E-state index is 14.0. The summed E-state index contributed by atoms with van der Waals surface area (Å²) in [4.78, 5) is 12.1. The van der Waals surface area contributed by atoms with Crippen LogP contribution in [0.15, 0.2) is 17.3 Å². The second-order valence-electron chi connectivity index (χ2n) is 4.36. The number of carbonyl (C=O) groups excluding carboxylic acids is 1. The molecule has 1 aromatic rings. The van der Waals surface area contributed by atoms with Crippen molar-refractivity contribution in [1.29, 1.82) is 0 Å². The number of halogens is 3. The standard InChI is InChI=1S/C13H13Cl2FN2O2/c14-8-6-9(16)7(5-10(8)19)11-12(15)17-3-1-2-4-18-13(11)20/h5-6,17,19H,1-4H2,(H,18,20)/b12-11-. The predicted octanol–water partition coefficient (Wildman–Crippen LogP) is 2.59. The van der Waals surface area contributed by atoms with Crippen molar-refractivity contribution in [2.24, 2.45) is 0 Å². The molecule has 0 aromatic heterocycles. The average Bonchev–Trinajstić information content (AvgIpc) is 2.46. The quantitative estimate of drug-likeness (QED) is 0.697. The van der Waals surface area contributed by atoms with E-state index in [2.05, 4.69) is 10.6 Å². The minimum Gasteiger partial charge on any atom is -0.506 e. The molecule has 2 rings (SSSR count). The Labute approximate surface area is 125 Å². The van der Waals surface area contributed by atoms with Crippen LogP contribution < -0.4 is 10.6 Å².